The van der Waals surface area contributed by atoms with Gasteiger partial charge in [0.25, 0.3) is 0 Å². The van der Waals surface area contributed by atoms with Gasteiger partial charge in [-0.05, 0) is 25.0 Å². The molecule has 0 heterocycles. The summed E-state index contributed by atoms with van der Waals surface area (Å²) in [4.78, 5) is 0.366. The number of nitrogens with two attached hydrogens (primary N) is 1. The van der Waals surface area contributed by atoms with Crippen molar-refractivity contribution in [2.75, 3.05) is 13.2 Å². The van der Waals surface area contributed by atoms with Crippen molar-refractivity contribution in [1.29, 1.82) is 0 Å². The number of para-hydroxylation sites is 1. The highest BCUT2D eigenvalue weighted by atomic mass is 32.1. The van der Waals surface area contributed by atoms with Crippen LogP contribution < -0.4 is 10.5 Å². The number of hydrogen-bond donors (Lipinski definition) is 1. The first-order valence-corrected chi connectivity index (χ1v) is 7.81. The Balaban J connectivity index is 1.74. The maximum absolute atomic E-state index is 5.90. The van der Waals surface area contributed by atoms with Crippen molar-refractivity contribution in [3.05, 3.63) is 29.8 Å². The summed E-state index contributed by atoms with van der Waals surface area (Å²) < 4.78 is 11.6. The quantitative estimate of drug-likeness (QED) is 0.496. The van der Waals surface area contributed by atoms with Gasteiger partial charge in [0.2, 0.25) is 0 Å². The maximum atomic E-state index is 5.90. The van der Waals surface area contributed by atoms with Gasteiger partial charge in [-0.1, -0.05) is 50.0 Å². The molecule has 2 rings (SSSR count). The summed E-state index contributed by atoms with van der Waals surface area (Å²) in [5, 5.41) is 0. The fourth-order valence-corrected chi connectivity index (χ4v) is 2.74. The zero-order valence-corrected chi connectivity index (χ0v) is 12.7. The highest BCUT2D eigenvalue weighted by Crippen LogP contribution is 2.20. The number of thiocarbonyl (C=S) groups is 1. The standard InChI is InChI=1S/C16H23NO2S/c17-16(20)14-9-5-6-10-15(14)19-12-11-18-13-7-3-1-2-4-8-13/h5-6,9-10,13H,1-4,7-8,11-12H2,(H2,17,20). The predicted octanol–water partition coefficient (Wildman–Crippen LogP) is 3.44. The molecule has 2 N–H and O–H groups in total. The fourth-order valence-electron chi connectivity index (χ4n) is 2.57. The number of rotatable bonds is 6. The second kappa shape index (κ2) is 8.22. The van der Waals surface area contributed by atoms with Crippen LogP contribution in [-0.2, 0) is 4.74 Å². The van der Waals surface area contributed by atoms with Crippen LogP contribution >= 0.6 is 12.2 Å². The summed E-state index contributed by atoms with van der Waals surface area (Å²) in [6.07, 6.45) is 8.04. The van der Waals surface area contributed by atoms with Crippen LogP contribution in [0.15, 0.2) is 24.3 Å². The first-order valence-electron chi connectivity index (χ1n) is 7.40. The Morgan fingerprint density at radius 2 is 1.80 bits per heavy atom. The highest BCUT2D eigenvalue weighted by Gasteiger charge is 2.12. The molecule has 0 atom stereocenters. The summed E-state index contributed by atoms with van der Waals surface area (Å²) >= 11 is 5.01. The van der Waals surface area contributed by atoms with E-state index in [0.717, 1.165) is 11.3 Å². The molecule has 0 bridgehead atoms. The van der Waals surface area contributed by atoms with Crippen molar-refractivity contribution in [3.8, 4) is 5.75 Å². The summed E-state index contributed by atoms with van der Waals surface area (Å²) in [5.74, 6) is 0.740. The largest absolute Gasteiger partial charge is 0.490 e. The van der Waals surface area contributed by atoms with Crippen LogP contribution in [0.25, 0.3) is 0 Å². The lowest BCUT2D eigenvalue weighted by Crippen LogP contribution is -2.18. The summed E-state index contributed by atoms with van der Waals surface area (Å²) in [5.41, 5.74) is 6.46. The molecule has 0 spiro atoms. The van der Waals surface area contributed by atoms with Crippen molar-refractivity contribution >= 4 is 17.2 Å². The molecule has 0 saturated heterocycles. The minimum Gasteiger partial charge on any atom is -0.490 e. The second-order valence-corrected chi connectivity index (χ2v) is 5.63. The molecule has 0 unspecified atom stereocenters. The van der Waals surface area contributed by atoms with E-state index in [1.807, 2.05) is 24.3 Å². The Kier molecular flexibility index (Phi) is 6.27. The SMILES string of the molecule is NC(=S)c1ccccc1OCCOC1CCCCCC1. The van der Waals surface area contributed by atoms with E-state index < -0.39 is 0 Å². The minimum absolute atomic E-state index is 0.366. The van der Waals surface area contributed by atoms with Crippen LogP contribution in [0, 0.1) is 0 Å². The van der Waals surface area contributed by atoms with Crippen molar-refractivity contribution in [1.82, 2.24) is 0 Å². The molecule has 1 aliphatic carbocycles. The van der Waals surface area contributed by atoms with Gasteiger partial charge in [-0.3, -0.25) is 0 Å². The lowest BCUT2D eigenvalue weighted by molar-refractivity contribution is 0.0254. The normalized spacial score (nSPS) is 16.6. The van der Waals surface area contributed by atoms with Gasteiger partial charge in [0, 0.05) is 0 Å². The Hall–Kier alpha value is -1.13. The van der Waals surface area contributed by atoms with Crippen molar-refractivity contribution in [2.45, 2.75) is 44.6 Å². The van der Waals surface area contributed by atoms with Crippen molar-refractivity contribution < 1.29 is 9.47 Å². The molecule has 110 valence electrons. The van der Waals surface area contributed by atoms with Gasteiger partial charge >= 0.3 is 0 Å². The van der Waals surface area contributed by atoms with E-state index in [-0.39, 0.29) is 0 Å². The molecule has 1 aromatic carbocycles. The van der Waals surface area contributed by atoms with E-state index in [0.29, 0.717) is 24.3 Å². The first-order chi connectivity index (χ1) is 9.77. The van der Waals surface area contributed by atoms with E-state index in [1.165, 1.54) is 38.5 Å². The third-order valence-corrected chi connectivity index (χ3v) is 3.87. The molecule has 20 heavy (non-hydrogen) atoms. The smallest absolute Gasteiger partial charge is 0.129 e. The predicted molar refractivity (Wildman–Crippen MR) is 85.3 cm³/mol. The van der Waals surface area contributed by atoms with Gasteiger partial charge in [-0.25, -0.2) is 0 Å². The Bertz CT molecular complexity index is 428. The van der Waals surface area contributed by atoms with Gasteiger partial charge in [0.15, 0.2) is 0 Å². The minimum atomic E-state index is 0.366. The summed E-state index contributed by atoms with van der Waals surface area (Å²) in [6.45, 7) is 1.16. The molecule has 4 heteroatoms. The molecular formula is C16H23NO2S. The molecule has 1 saturated carbocycles. The van der Waals surface area contributed by atoms with E-state index >= 15 is 0 Å². The van der Waals surface area contributed by atoms with Gasteiger partial charge in [-0.15, -0.1) is 0 Å². The van der Waals surface area contributed by atoms with Crippen LogP contribution in [0.1, 0.15) is 44.1 Å². The number of hydrogen-bond acceptors (Lipinski definition) is 3. The van der Waals surface area contributed by atoms with E-state index in [9.17, 15) is 0 Å². The number of benzene rings is 1. The monoisotopic (exact) mass is 293 g/mol. The molecule has 1 aromatic rings. The lowest BCUT2D eigenvalue weighted by Gasteiger charge is -2.16. The van der Waals surface area contributed by atoms with Crippen LogP contribution in [0.2, 0.25) is 0 Å². The van der Waals surface area contributed by atoms with Gasteiger partial charge in [0.1, 0.15) is 17.3 Å². The Morgan fingerprint density at radius 1 is 1.10 bits per heavy atom. The summed E-state index contributed by atoms with van der Waals surface area (Å²) in [7, 11) is 0. The third kappa shape index (κ3) is 4.76. The maximum Gasteiger partial charge on any atom is 0.129 e. The Morgan fingerprint density at radius 3 is 2.50 bits per heavy atom. The molecule has 1 fully saturated rings. The third-order valence-electron chi connectivity index (χ3n) is 3.65. The van der Waals surface area contributed by atoms with Gasteiger partial charge < -0.3 is 15.2 Å². The molecule has 0 radical (unpaired) electrons. The molecule has 1 aliphatic rings. The van der Waals surface area contributed by atoms with Crippen LogP contribution in [0.3, 0.4) is 0 Å². The van der Waals surface area contributed by atoms with Crippen LogP contribution in [0.5, 0.6) is 5.75 Å². The van der Waals surface area contributed by atoms with Crippen molar-refractivity contribution in [3.63, 3.8) is 0 Å². The van der Waals surface area contributed by atoms with E-state index in [1.54, 1.807) is 0 Å². The fraction of sp³-hybridized carbons (Fsp3) is 0.562. The number of ether oxygens (including phenoxy) is 2. The Labute approximate surface area is 126 Å². The van der Waals surface area contributed by atoms with Crippen molar-refractivity contribution in [2.24, 2.45) is 5.73 Å². The molecule has 0 amide bonds. The van der Waals surface area contributed by atoms with Gasteiger partial charge in [0.05, 0.1) is 18.3 Å². The first kappa shape index (κ1) is 15.3. The molecule has 3 nitrogen and oxygen atoms in total. The molecular weight excluding hydrogens is 270 g/mol. The zero-order valence-electron chi connectivity index (χ0n) is 11.8. The average molecular weight is 293 g/mol. The lowest BCUT2D eigenvalue weighted by atomic mass is 10.1. The second-order valence-electron chi connectivity index (χ2n) is 5.19. The average Bonchev–Trinajstić information content (AvgIpc) is 2.72. The molecule has 0 aromatic heterocycles. The van der Waals surface area contributed by atoms with E-state index in [4.69, 9.17) is 27.4 Å². The van der Waals surface area contributed by atoms with Crippen LogP contribution in [-0.4, -0.2) is 24.3 Å². The van der Waals surface area contributed by atoms with E-state index in [2.05, 4.69) is 0 Å². The molecule has 0 aliphatic heterocycles. The van der Waals surface area contributed by atoms with Crippen LogP contribution in [0.4, 0.5) is 0 Å². The topological polar surface area (TPSA) is 44.5 Å². The van der Waals surface area contributed by atoms with Gasteiger partial charge in [-0.2, -0.15) is 0 Å². The summed E-state index contributed by atoms with van der Waals surface area (Å²) in [6, 6.07) is 7.59. The zero-order chi connectivity index (χ0) is 14.2. The highest BCUT2D eigenvalue weighted by molar-refractivity contribution is 7.80.